The summed E-state index contributed by atoms with van der Waals surface area (Å²) in [4.78, 5) is 11.9. The quantitative estimate of drug-likeness (QED) is 0.717. The number of carbonyl (C=O) groups excluding carboxylic acids is 1. The van der Waals surface area contributed by atoms with E-state index in [-0.39, 0.29) is 17.9 Å². The molecule has 92 valence electrons. The molecular weight excluding hydrogens is 235 g/mol. The first-order valence-corrected chi connectivity index (χ1v) is 5.52. The zero-order valence-corrected chi connectivity index (χ0v) is 9.62. The second kappa shape index (κ2) is 3.83. The van der Waals surface area contributed by atoms with Gasteiger partial charge >= 0.3 is 0 Å². The predicted octanol–water partition coefficient (Wildman–Crippen LogP) is 1.71. The van der Waals surface area contributed by atoms with E-state index in [1.165, 1.54) is 6.07 Å². The second-order valence-electron chi connectivity index (χ2n) is 4.21. The summed E-state index contributed by atoms with van der Waals surface area (Å²) in [6.45, 7) is 1.66. The van der Waals surface area contributed by atoms with Gasteiger partial charge in [0.1, 0.15) is 12.0 Å². The van der Waals surface area contributed by atoms with Gasteiger partial charge in [0.25, 0.3) is 5.91 Å². The van der Waals surface area contributed by atoms with E-state index >= 15 is 0 Å². The van der Waals surface area contributed by atoms with Crippen molar-refractivity contribution in [2.24, 2.45) is 0 Å². The molecule has 6 heteroatoms. The zero-order valence-electron chi connectivity index (χ0n) is 9.62. The van der Waals surface area contributed by atoms with Gasteiger partial charge in [-0.2, -0.15) is 5.10 Å². The molecule has 0 bridgehead atoms. The van der Waals surface area contributed by atoms with E-state index in [4.69, 9.17) is 0 Å². The third-order valence-electron chi connectivity index (χ3n) is 2.95. The van der Waals surface area contributed by atoms with E-state index in [9.17, 15) is 9.18 Å². The highest BCUT2D eigenvalue weighted by Gasteiger charge is 2.26. The Kier molecular flexibility index (Phi) is 2.29. The van der Waals surface area contributed by atoms with E-state index in [1.54, 1.807) is 25.3 Å². The predicted molar refractivity (Wildman–Crippen MR) is 63.6 cm³/mol. The normalized spacial score (nSPS) is 17.9. The van der Waals surface area contributed by atoms with E-state index < -0.39 is 0 Å². The number of H-pyrrole nitrogens is 1. The van der Waals surface area contributed by atoms with Crippen molar-refractivity contribution in [3.05, 3.63) is 47.0 Å². The summed E-state index contributed by atoms with van der Waals surface area (Å²) >= 11 is 0. The molecule has 0 spiro atoms. The van der Waals surface area contributed by atoms with E-state index in [2.05, 4.69) is 20.8 Å². The maximum absolute atomic E-state index is 13.4. The third kappa shape index (κ3) is 1.62. The van der Waals surface area contributed by atoms with Gasteiger partial charge in [0, 0.05) is 11.9 Å². The smallest absolute Gasteiger partial charge is 0.255 e. The Morgan fingerprint density at radius 3 is 2.89 bits per heavy atom. The Hall–Kier alpha value is -2.37. The van der Waals surface area contributed by atoms with Gasteiger partial charge in [-0.1, -0.05) is 0 Å². The van der Waals surface area contributed by atoms with Crippen LogP contribution in [-0.2, 0) is 0 Å². The van der Waals surface area contributed by atoms with Gasteiger partial charge < -0.3 is 10.6 Å². The molecule has 0 fully saturated rings. The number of fused-ring (bicyclic) bond motifs is 1. The lowest BCUT2D eigenvalue weighted by Gasteiger charge is -2.27. The maximum atomic E-state index is 13.4. The molecule has 0 saturated carbocycles. The highest BCUT2D eigenvalue weighted by molar-refractivity contribution is 6.01. The Morgan fingerprint density at radius 1 is 1.33 bits per heavy atom. The van der Waals surface area contributed by atoms with E-state index in [0.717, 1.165) is 5.69 Å². The molecule has 1 aliphatic rings. The average Bonchev–Trinajstić information content (AvgIpc) is 2.85. The van der Waals surface area contributed by atoms with Crippen molar-refractivity contribution in [1.29, 1.82) is 0 Å². The van der Waals surface area contributed by atoms with Crippen molar-refractivity contribution in [3.8, 4) is 0 Å². The van der Waals surface area contributed by atoms with E-state index in [0.29, 0.717) is 16.8 Å². The molecule has 1 aromatic heterocycles. The number of hydrogen-bond acceptors (Lipinski definition) is 3. The van der Waals surface area contributed by atoms with Crippen LogP contribution in [0.4, 0.5) is 10.1 Å². The Labute approximate surface area is 102 Å². The van der Waals surface area contributed by atoms with Crippen LogP contribution in [0.5, 0.6) is 0 Å². The molecule has 0 saturated heterocycles. The van der Waals surface area contributed by atoms with Gasteiger partial charge in [-0.05, 0) is 30.7 Å². The SMILES string of the molecule is Cc1cc2c(cc1F)C(=O)N[C@@H](c1ccn[nH]1)N2. The van der Waals surface area contributed by atoms with Crippen LogP contribution in [0.1, 0.15) is 27.8 Å². The number of hydrogen-bond donors (Lipinski definition) is 3. The number of benzene rings is 1. The van der Waals surface area contributed by atoms with Gasteiger partial charge in [-0.25, -0.2) is 4.39 Å². The van der Waals surface area contributed by atoms with Crippen molar-refractivity contribution in [2.45, 2.75) is 13.1 Å². The van der Waals surface area contributed by atoms with Gasteiger partial charge in [-0.15, -0.1) is 0 Å². The number of nitrogens with one attached hydrogen (secondary N) is 3. The maximum Gasteiger partial charge on any atom is 0.255 e. The van der Waals surface area contributed by atoms with Gasteiger partial charge in [0.15, 0.2) is 0 Å². The monoisotopic (exact) mass is 246 g/mol. The average molecular weight is 246 g/mol. The molecule has 18 heavy (non-hydrogen) atoms. The largest absolute Gasteiger partial charge is 0.360 e. The molecular formula is C12H11FN4O. The van der Waals surface area contributed by atoms with Crippen LogP contribution < -0.4 is 10.6 Å². The second-order valence-corrected chi connectivity index (χ2v) is 4.21. The number of halogens is 1. The van der Waals surface area contributed by atoms with Gasteiger partial charge in [0.2, 0.25) is 0 Å². The lowest BCUT2D eigenvalue weighted by molar-refractivity contribution is 0.0934. The number of rotatable bonds is 1. The van der Waals surface area contributed by atoms with Gasteiger partial charge in [0.05, 0.1) is 11.3 Å². The molecule has 1 amide bonds. The number of anilines is 1. The molecule has 5 nitrogen and oxygen atoms in total. The third-order valence-corrected chi connectivity index (χ3v) is 2.95. The summed E-state index contributed by atoms with van der Waals surface area (Å²) in [5.74, 6) is -0.687. The summed E-state index contributed by atoms with van der Waals surface area (Å²) in [5.41, 5.74) is 2.18. The number of aromatic nitrogens is 2. The topological polar surface area (TPSA) is 69.8 Å². The van der Waals surface area contributed by atoms with Gasteiger partial charge in [-0.3, -0.25) is 9.89 Å². The Morgan fingerprint density at radius 2 is 2.17 bits per heavy atom. The molecule has 2 heterocycles. The highest BCUT2D eigenvalue weighted by Crippen LogP contribution is 2.27. The van der Waals surface area contributed by atoms with Crippen LogP contribution in [0.25, 0.3) is 0 Å². The lowest BCUT2D eigenvalue weighted by atomic mass is 10.1. The first kappa shape index (κ1) is 10.8. The summed E-state index contributed by atoms with van der Waals surface area (Å²) in [7, 11) is 0. The fraction of sp³-hybridized carbons (Fsp3) is 0.167. The first-order chi connectivity index (χ1) is 8.65. The number of nitrogens with zero attached hydrogens (tertiary/aromatic N) is 1. The zero-order chi connectivity index (χ0) is 12.7. The van der Waals surface area contributed by atoms with Crippen molar-refractivity contribution < 1.29 is 9.18 Å². The van der Waals surface area contributed by atoms with Crippen molar-refractivity contribution in [2.75, 3.05) is 5.32 Å². The molecule has 1 aliphatic heterocycles. The van der Waals surface area contributed by atoms with Crippen LogP contribution in [-0.4, -0.2) is 16.1 Å². The number of amides is 1. The van der Waals surface area contributed by atoms with Crippen molar-refractivity contribution >= 4 is 11.6 Å². The number of aromatic amines is 1. The summed E-state index contributed by atoms with van der Waals surface area (Å²) in [6, 6.07) is 4.64. The molecule has 3 rings (SSSR count). The molecule has 2 aromatic rings. The molecule has 3 N–H and O–H groups in total. The lowest BCUT2D eigenvalue weighted by Crippen LogP contribution is -2.38. The van der Waals surface area contributed by atoms with Crippen LogP contribution in [0.15, 0.2) is 24.4 Å². The summed E-state index contributed by atoms with van der Waals surface area (Å²) in [5, 5.41) is 12.5. The molecule has 1 atom stereocenters. The van der Waals surface area contributed by atoms with E-state index in [1.807, 2.05) is 0 Å². The minimum atomic E-state index is -0.384. The molecule has 0 aliphatic carbocycles. The number of aryl methyl sites for hydroxylation is 1. The molecule has 1 aromatic carbocycles. The summed E-state index contributed by atoms with van der Waals surface area (Å²) < 4.78 is 13.4. The van der Waals surface area contributed by atoms with Crippen LogP contribution in [0.2, 0.25) is 0 Å². The fourth-order valence-corrected chi connectivity index (χ4v) is 1.97. The van der Waals surface area contributed by atoms with Crippen molar-refractivity contribution in [1.82, 2.24) is 15.5 Å². The fourth-order valence-electron chi connectivity index (χ4n) is 1.97. The summed E-state index contributed by atoms with van der Waals surface area (Å²) in [6.07, 6.45) is 1.23. The standard InChI is InChI=1S/C12H11FN4O/c1-6-4-10-7(5-8(6)13)12(18)16-11(15-10)9-2-3-14-17-9/h2-5,11,15H,1H3,(H,14,17)(H,16,18)/t11-/m0/s1. The van der Waals surface area contributed by atoms with Crippen molar-refractivity contribution in [3.63, 3.8) is 0 Å². The van der Waals surface area contributed by atoms with Crippen LogP contribution >= 0.6 is 0 Å². The number of carbonyl (C=O) groups is 1. The molecule has 0 unspecified atom stereocenters. The minimum Gasteiger partial charge on any atom is -0.360 e. The Balaban J connectivity index is 2.02. The molecule has 0 radical (unpaired) electrons. The van der Waals surface area contributed by atoms with Crippen LogP contribution in [0, 0.1) is 12.7 Å². The Bertz CT molecular complexity index is 609. The highest BCUT2D eigenvalue weighted by atomic mass is 19.1. The minimum absolute atomic E-state index is 0.303. The first-order valence-electron chi connectivity index (χ1n) is 5.52. The van der Waals surface area contributed by atoms with Crippen LogP contribution in [0.3, 0.4) is 0 Å².